The number of rotatable bonds is 3. The fourth-order valence-electron chi connectivity index (χ4n) is 3.76. The maximum absolute atomic E-state index is 13.2. The van der Waals surface area contributed by atoms with Crippen LogP contribution in [0.3, 0.4) is 0 Å². The number of piperidine rings is 1. The van der Waals surface area contributed by atoms with Gasteiger partial charge in [0.25, 0.3) is 0 Å². The molecule has 1 aromatic rings. The van der Waals surface area contributed by atoms with E-state index in [0.29, 0.717) is 26.1 Å². The van der Waals surface area contributed by atoms with E-state index in [4.69, 9.17) is 5.73 Å². The summed E-state index contributed by atoms with van der Waals surface area (Å²) in [5.41, 5.74) is 8.31. The third kappa shape index (κ3) is 3.71. The summed E-state index contributed by atoms with van der Waals surface area (Å²) in [7, 11) is 0. The van der Waals surface area contributed by atoms with Crippen LogP contribution in [0, 0.1) is 5.92 Å². The molecule has 2 amide bonds. The van der Waals surface area contributed by atoms with Crippen molar-refractivity contribution >= 4 is 11.8 Å². The molecule has 0 radical (unpaired) electrons. The zero-order chi connectivity index (χ0) is 18.0. The Morgan fingerprint density at radius 2 is 1.84 bits per heavy atom. The number of hydrogen-bond acceptors (Lipinski definition) is 3. The highest BCUT2D eigenvalue weighted by atomic mass is 16.2. The van der Waals surface area contributed by atoms with Gasteiger partial charge in [-0.3, -0.25) is 9.59 Å². The maximum atomic E-state index is 13.2. The van der Waals surface area contributed by atoms with Crippen molar-refractivity contribution in [2.45, 2.75) is 58.2 Å². The number of amides is 2. The Morgan fingerprint density at radius 1 is 1.20 bits per heavy atom. The number of fused-ring (bicyclic) bond motifs is 1. The van der Waals surface area contributed by atoms with Crippen molar-refractivity contribution in [2.24, 2.45) is 11.7 Å². The van der Waals surface area contributed by atoms with Gasteiger partial charge in [-0.25, -0.2) is 0 Å². The molecule has 1 aromatic carbocycles. The second kappa shape index (κ2) is 7.56. The summed E-state index contributed by atoms with van der Waals surface area (Å²) in [6.07, 6.45) is 3.08. The molecule has 5 heteroatoms. The van der Waals surface area contributed by atoms with Gasteiger partial charge in [0.05, 0.1) is 0 Å². The minimum absolute atomic E-state index is 0.0599. The summed E-state index contributed by atoms with van der Waals surface area (Å²) < 4.78 is 0. The molecule has 0 aromatic heterocycles. The van der Waals surface area contributed by atoms with E-state index in [9.17, 15) is 9.59 Å². The summed E-state index contributed by atoms with van der Waals surface area (Å²) in [5.74, 6) is 0.109. The van der Waals surface area contributed by atoms with Crippen LogP contribution in [0.2, 0.25) is 0 Å². The molecule has 1 saturated heterocycles. The van der Waals surface area contributed by atoms with Gasteiger partial charge in [-0.2, -0.15) is 0 Å². The Kier molecular flexibility index (Phi) is 5.42. The van der Waals surface area contributed by atoms with E-state index in [1.54, 1.807) is 0 Å². The molecule has 2 aliphatic rings. The van der Waals surface area contributed by atoms with Gasteiger partial charge in [0.2, 0.25) is 11.8 Å². The van der Waals surface area contributed by atoms with E-state index in [2.05, 4.69) is 12.1 Å². The molecule has 2 atom stereocenters. The van der Waals surface area contributed by atoms with Gasteiger partial charge in [-0.15, -0.1) is 0 Å². The molecule has 2 unspecified atom stereocenters. The summed E-state index contributed by atoms with van der Waals surface area (Å²) >= 11 is 0. The molecule has 0 spiro atoms. The number of likely N-dealkylation sites (tertiary alicyclic amines) is 1. The number of nitrogens with zero attached hydrogens (tertiary/aromatic N) is 2. The second-order valence-corrected chi connectivity index (χ2v) is 7.43. The van der Waals surface area contributed by atoms with E-state index in [1.807, 2.05) is 35.8 Å². The Balaban J connectivity index is 1.85. The van der Waals surface area contributed by atoms with Crippen molar-refractivity contribution in [1.29, 1.82) is 0 Å². The molecule has 25 heavy (non-hydrogen) atoms. The van der Waals surface area contributed by atoms with Crippen LogP contribution in [0.5, 0.6) is 0 Å². The van der Waals surface area contributed by atoms with E-state index in [1.165, 1.54) is 5.56 Å². The van der Waals surface area contributed by atoms with Crippen molar-refractivity contribution in [1.82, 2.24) is 9.80 Å². The van der Waals surface area contributed by atoms with E-state index < -0.39 is 0 Å². The van der Waals surface area contributed by atoms with Crippen LogP contribution < -0.4 is 5.73 Å². The molecule has 0 saturated carbocycles. The molecular formula is C20H29N3O2. The molecule has 3 rings (SSSR count). The highest BCUT2D eigenvalue weighted by Gasteiger charge is 2.38. The van der Waals surface area contributed by atoms with Crippen LogP contribution in [-0.4, -0.2) is 46.8 Å². The van der Waals surface area contributed by atoms with Crippen molar-refractivity contribution in [3.8, 4) is 0 Å². The van der Waals surface area contributed by atoms with Gasteiger partial charge in [0.15, 0.2) is 0 Å². The standard InChI is InChI=1S/C20H29N3O2/c1-3-14(2)19(24)23-13-16-7-5-4-6-15(16)12-18(23)20(25)22-10-8-17(21)9-11-22/h4-7,14,17-18H,3,8-13,21H2,1-2H3. The first kappa shape index (κ1) is 17.9. The molecule has 2 N–H and O–H groups in total. The van der Waals surface area contributed by atoms with E-state index in [0.717, 1.165) is 24.8 Å². The summed E-state index contributed by atoms with van der Waals surface area (Å²) in [6, 6.07) is 7.95. The molecule has 136 valence electrons. The quantitative estimate of drug-likeness (QED) is 0.912. The van der Waals surface area contributed by atoms with Crippen molar-refractivity contribution < 1.29 is 9.59 Å². The van der Waals surface area contributed by atoms with Crippen molar-refractivity contribution in [2.75, 3.05) is 13.1 Å². The minimum Gasteiger partial charge on any atom is -0.341 e. The predicted molar refractivity (Wildman–Crippen MR) is 97.7 cm³/mol. The van der Waals surface area contributed by atoms with Crippen LogP contribution in [0.4, 0.5) is 0 Å². The van der Waals surface area contributed by atoms with Crippen molar-refractivity contribution in [3.05, 3.63) is 35.4 Å². The Labute approximate surface area is 150 Å². The van der Waals surface area contributed by atoms with Gasteiger partial charge in [0.1, 0.15) is 6.04 Å². The average molecular weight is 343 g/mol. The summed E-state index contributed by atoms with van der Waals surface area (Å²) in [5, 5.41) is 0. The summed E-state index contributed by atoms with van der Waals surface area (Å²) in [6.45, 7) is 5.89. The molecule has 2 heterocycles. The van der Waals surface area contributed by atoms with Crippen LogP contribution in [0.25, 0.3) is 0 Å². The largest absolute Gasteiger partial charge is 0.341 e. The molecule has 1 fully saturated rings. The summed E-state index contributed by atoms with van der Waals surface area (Å²) in [4.78, 5) is 29.8. The van der Waals surface area contributed by atoms with Gasteiger partial charge in [0, 0.05) is 38.0 Å². The van der Waals surface area contributed by atoms with Gasteiger partial charge in [-0.05, 0) is 30.4 Å². The highest BCUT2D eigenvalue weighted by molar-refractivity contribution is 5.89. The number of carbonyl (C=O) groups is 2. The van der Waals surface area contributed by atoms with Gasteiger partial charge >= 0.3 is 0 Å². The third-order valence-corrected chi connectivity index (χ3v) is 5.70. The van der Waals surface area contributed by atoms with Crippen molar-refractivity contribution in [3.63, 3.8) is 0 Å². The first-order valence-corrected chi connectivity index (χ1v) is 9.42. The average Bonchev–Trinajstić information content (AvgIpc) is 2.65. The molecule has 0 bridgehead atoms. The SMILES string of the molecule is CCC(C)C(=O)N1Cc2ccccc2CC1C(=O)N1CCC(N)CC1. The maximum Gasteiger partial charge on any atom is 0.245 e. The van der Waals surface area contributed by atoms with Crippen LogP contribution in [0.1, 0.15) is 44.2 Å². The monoisotopic (exact) mass is 343 g/mol. The third-order valence-electron chi connectivity index (χ3n) is 5.70. The van der Waals surface area contributed by atoms with Crippen LogP contribution in [0.15, 0.2) is 24.3 Å². The Morgan fingerprint density at radius 3 is 2.48 bits per heavy atom. The second-order valence-electron chi connectivity index (χ2n) is 7.43. The fourth-order valence-corrected chi connectivity index (χ4v) is 3.76. The Hall–Kier alpha value is -1.88. The first-order valence-electron chi connectivity index (χ1n) is 9.42. The molecule has 5 nitrogen and oxygen atoms in total. The highest BCUT2D eigenvalue weighted by Crippen LogP contribution is 2.27. The topological polar surface area (TPSA) is 66.6 Å². The lowest BCUT2D eigenvalue weighted by Gasteiger charge is -2.41. The predicted octanol–water partition coefficient (Wildman–Crippen LogP) is 1.94. The lowest BCUT2D eigenvalue weighted by molar-refractivity contribution is -0.149. The number of nitrogens with two attached hydrogens (primary N) is 1. The lowest BCUT2D eigenvalue weighted by Crippen LogP contribution is -2.56. The van der Waals surface area contributed by atoms with Gasteiger partial charge < -0.3 is 15.5 Å². The zero-order valence-electron chi connectivity index (χ0n) is 15.3. The smallest absolute Gasteiger partial charge is 0.245 e. The Bertz CT molecular complexity index is 638. The van der Waals surface area contributed by atoms with E-state index in [-0.39, 0.29) is 29.8 Å². The number of carbonyl (C=O) groups excluding carboxylic acids is 2. The van der Waals surface area contributed by atoms with Gasteiger partial charge in [-0.1, -0.05) is 38.1 Å². The van der Waals surface area contributed by atoms with E-state index >= 15 is 0 Å². The first-order chi connectivity index (χ1) is 12.0. The van der Waals surface area contributed by atoms with Crippen LogP contribution in [-0.2, 0) is 22.6 Å². The normalized spacial score (nSPS) is 22.4. The lowest BCUT2D eigenvalue weighted by atomic mass is 9.91. The molecule has 2 aliphatic heterocycles. The molecular weight excluding hydrogens is 314 g/mol. The zero-order valence-corrected chi connectivity index (χ0v) is 15.3. The number of benzene rings is 1. The van der Waals surface area contributed by atoms with Crippen LogP contribution >= 0.6 is 0 Å². The molecule has 0 aliphatic carbocycles. The number of hydrogen-bond donors (Lipinski definition) is 1. The minimum atomic E-state index is -0.384. The fraction of sp³-hybridized carbons (Fsp3) is 0.600.